The number of aryl methyl sites for hydroxylation is 2. The number of amides is 1. The zero-order valence-corrected chi connectivity index (χ0v) is 13.6. The van der Waals surface area contributed by atoms with Gasteiger partial charge in [0.25, 0.3) is 5.91 Å². The Balaban J connectivity index is 1.65. The summed E-state index contributed by atoms with van der Waals surface area (Å²) in [5.41, 5.74) is 2.56. The zero-order chi connectivity index (χ0) is 16.6. The monoisotopic (exact) mass is 317 g/mol. The van der Waals surface area contributed by atoms with E-state index in [2.05, 4.69) is 10.3 Å². The molecule has 6 nitrogen and oxygen atoms in total. The van der Waals surface area contributed by atoms with Crippen molar-refractivity contribution in [1.29, 1.82) is 0 Å². The van der Waals surface area contributed by atoms with Gasteiger partial charge in [-0.15, -0.1) is 0 Å². The fourth-order valence-corrected chi connectivity index (χ4v) is 3.75. The third-order valence-electron chi connectivity index (χ3n) is 5.25. The number of likely N-dealkylation sites (tertiary alicyclic amines) is 1. The Morgan fingerprint density at radius 1 is 1.35 bits per heavy atom. The van der Waals surface area contributed by atoms with Crippen LogP contribution in [0.3, 0.4) is 0 Å². The number of aromatic nitrogens is 1. The van der Waals surface area contributed by atoms with Gasteiger partial charge in [-0.3, -0.25) is 14.6 Å². The number of hydrogen-bond donors (Lipinski definition) is 2. The van der Waals surface area contributed by atoms with Crippen LogP contribution >= 0.6 is 0 Å². The number of rotatable bonds is 2. The molecule has 1 atom stereocenters. The van der Waals surface area contributed by atoms with E-state index in [0.717, 1.165) is 30.6 Å². The molecule has 0 saturated carbocycles. The summed E-state index contributed by atoms with van der Waals surface area (Å²) < 4.78 is 0. The second kappa shape index (κ2) is 5.92. The Kier molecular flexibility index (Phi) is 4.10. The maximum absolute atomic E-state index is 12.7. The molecule has 23 heavy (non-hydrogen) atoms. The summed E-state index contributed by atoms with van der Waals surface area (Å²) in [6.45, 7) is 5.95. The molecular weight excluding hydrogens is 294 g/mol. The molecule has 1 aromatic rings. The minimum atomic E-state index is -0.776. The van der Waals surface area contributed by atoms with Crippen LogP contribution in [-0.2, 0) is 4.79 Å². The van der Waals surface area contributed by atoms with E-state index in [1.54, 1.807) is 6.20 Å². The second-order valence-electron chi connectivity index (χ2n) is 6.91. The maximum Gasteiger partial charge on any atom is 0.320 e. The lowest BCUT2D eigenvalue weighted by molar-refractivity contribution is -0.139. The van der Waals surface area contributed by atoms with Crippen molar-refractivity contribution in [2.75, 3.05) is 19.6 Å². The summed E-state index contributed by atoms with van der Waals surface area (Å²) >= 11 is 0. The van der Waals surface area contributed by atoms with E-state index in [1.807, 2.05) is 24.8 Å². The number of carboxylic acids is 1. The largest absolute Gasteiger partial charge is 0.480 e. The van der Waals surface area contributed by atoms with Crippen LogP contribution in [0.4, 0.5) is 0 Å². The van der Waals surface area contributed by atoms with Crippen molar-refractivity contribution in [3.8, 4) is 0 Å². The molecule has 3 heterocycles. The summed E-state index contributed by atoms with van der Waals surface area (Å²) in [7, 11) is 0. The fraction of sp³-hybridized carbons (Fsp3) is 0.588. The normalized spacial score (nSPS) is 23.2. The molecule has 0 aliphatic carbocycles. The highest BCUT2D eigenvalue weighted by Crippen LogP contribution is 2.39. The summed E-state index contributed by atoms with van der Waals surface area (Å²) in [6.07, 6.45) is 4.03. The molecule has 2 aliphatic heterocycles. The van der Waals surface area contributed by atoms with Gasteiger partial charge in [-0.1, -0.05) is 0 Å². The van der Waals surface area contributed by atoms with E-state index >= 15 is 0 Å². The van der Waals surface area contributed by atoms with Crippen molar-refractivity contribution in [3.63, 3.8) is 0 Å². The lowest BCUT2D eigenvalue weighted by atomic mass is 9.76. The van der Waals surface area contributed by atoms with Crippen LogP contribution in [0.25, 0.3) is 0 Å². The summed E-state index contributed by atoms with van der Waals surface area (Å²) in [5.74, 6) is -0.743. The van der Waals surface area contributed by atoms with Crippen molar-refractivity contribution >= 4 is 11.9 Å². The Morgan fingerprint density at radius 2 is 2.04 bits per heavy atom. The molecule has 124 valence electrons. The van der Waals surface area contributed by atoms with Crippen molar-refractivity contribution < 1.29 is 14.7 Å². The molecular formula is C17H23N3O3. The van der Waals surface area contributed by atoms with Crippen LogP contribution < -0.4 is 5.32 Å². The lowest BCUT2D eigenvalue weighted by Crippen LogP contribution is -2.44. The highest BCUT2D eigenvalue weighted by Gasteiger charge is 2.44. The van der Waals surface area contributed by atoms with Crippen LogP contribution in [0.5, 0.6) is 0 Å². The average Bonchev–Trinajstić information content (AvgIpc) is 2.92. The topological polar surface area (TPSA) is 82.5 Å². The van der Waals surface area contributed by atoms with Crippen molar-refractivity contribution in [2.24, 2.45) is 5.41 Å². The van der Waals surface area contributed by atoms with Gasteiger partial charge in [0.2, 0.25) is 0 Å². The molecule has 1 spiro atoms. The van der Waals surface area contributed by atoms with Gasteiger partial charge in [0, 0.05) is 31.5 Å². The van der Waals surface area contributed by atoms with E-state index < -0.39 is 12.0 Å². The van der Waals surface area contributed by atoms with Crippen LogP contribution in [0.15, 0.2) is 12.3 Å². The minimum Gasteiger partial charge on any atom is -0.480 e. The molecule has 0 radical (unpaired) electrons. The number of carboxylic acid groups (broad SMARTS) is 1. The lowest BCUT2D eigenvalue weighted by Gasteiger charge is -2.39. The first-order valence-electron chi connectivity index (χ1n) is 8.09. The summed E-state index contributed by atoms with van der Waals surface area (Å²) in [4.78, 5) is 29.9. The van der Waals surface area contributed by atoms with E-state index in [0.29, 0.717) is 25.1 Å². The Hall–Kier alpha value is -1.95. The predicted octanol–water partition coefficient (Wildman–Crippen LogP) is 1.37. The van der Waals surface area contributed by atoms with Gasteiger partial charge in [0.05, 0.1) is 5.56 Å². The number of nitrogens with zero attached hydrogens (tertiary/aromatic N) is 2. The molecule has 2 fully saturated rings. The van der Waals surface area contributed by atoms with E-state index in [-0.39, 0.29) is 11.3 Å². The molecule has 6 heteroatoms. The number of aliphatic carboxylic acids is 1. The van der Waals surface area contributed by atoms with Crippen LogP contribution in [0.1, 0.15) is 40.9 Å². The fourth-order valence-electron chi connectivity index (χ4n) is 3.75. The molecule has 2 saturated heterocycles. The van der Waals surface area contributed by atoms with Crippen molar-refractivity contribution in [2.45, 2.75) is 39.2 Å². The number of pyridine rings is 1. The molecule has 1 amide bonds. The molecule has 2 N–H and O–H groups in total. The van der Waals surface area contributed by atoms with Gasteiger partial charge < -0.3 is 15.3 Å². The van der Waals surface area contributed by atoms with E-state index in [4.69, 9.17) is 5.11 Å². The van der Waals surface area contributed by atoms with Gasteiger partial charge in [-0.05, 0) is 50.2 Å². The highest BCUT2D eigenvalue weighted by atomic mass is 16.4. The van der Waals surface area contributed by atoms with Gasteiger partial charge in [-0.25, -0.2) is 0 Å². The first-order chi connectivity index (χ1) is 10.9. The number of piperidine rings is 1. The molecule has 3 rings (SSSR count). The summed E-state index contributed by atoms with van der Waals surface area (Å²) in [6, 6.07) is 1.48. The molecule has 1 aromatic heterocycles. The quantitative estimate of drug-likeness (QED) is 0.861. The number of hydrogen-bond acceptors (Lipinski definition) is 4. The highest BCUT2D eigenvalue weighted by molar-refractivity contribution is 5.95. The van der Waals surface area contributed by atoms with Crippen LogP contribution in [0, 0.1) is 19.3 Å². The van der Waals surface area contributed by atoms with Crippen molar-refractivity contribution in [1.82, 2.24) is 15.2 Å². The van der Waals surface area contributed by atoms with E-state index in [1.165, 1.54) is 0 Å². The summed E-state index contributed by atoms with van der Waals surface area (Å²) in [5, 5.41) is 12.2. The van der Waals surface area contributed by atoms with Gasteiger partial charge in [0.15, 0.2) is 0 Å². The zero-order valence-electron chi connectivity index (χ0n) is 13.6. The number of carbonyl (C=O) groups is 2. The van der Waals surface area contributed by atoms with Gasteiger partial charge in [-0.2, -0.15) is 0 Å². The molecule has 0 bridgehead atoms. The van der Waals surface area contributed by atoms with E-state index in [9.17, 15) is 9.59 Å². The smallest absolute Gasteiger partial charge is 0.320 e. The van der Waals surface area contributed by atoms with Crippen molar-refractivity contribution in [3.05, 3.63) is 29.1 Å². The maximum atomic E-state index is 12.7. The predicted molar refractivity (Wildman–Crippen MR) is 85.3 cm³/mol. The standard InChI is InChI=1S/C17H23N3O3/c1-11-7-12(2)18-9-13(11)15(21)20-5-3-17(4-6-20)8-14(16(22)23)19-10-17/h7,9,14,19H,3-6,8,10H2,1-2H3,(H,22,23)/t14-/m0/s1. The molecule has 2 aliphatic rings. The Morgan fingerprint density at radius 3 is 2.61 bits per heavy atom. The third kappa shape index (κ3) is 3.08. The molecule has 0 unspecified atom stereocenters. The van der Waals surface area contributed by atoms with Crippen LogP contribution in [-0.4, -0.2) is 52.5 Å². The van der Waals surface area contributed by atoms with Gasteiger partial charge >= 0.3 is 5.97 Å². The van der Waals surface area contributed by atoms with Crippen LogP contribution in [0.2, 0.25) is 0 Å². The second-order valence-corrected chi connectivity index (χ2v) is 6.91. The first-order valence-corrected chi connectivity index (χ1v) is 8.09. The minimum absolute atomic E-state index is 0.0282. The first kappa shape index (κ1) is 15.9. The number of carbonyl (C=O) groups excluding carboxylic acids is 1. The Bertz CT molecular complexity index is 636. The molecule has 0 aromatic carbocycles. The third-order valence-corrected chi connectivity index (χ3v) is 5.25. The number of nitrogens with one attached hydrogen (secondary N) is 1. The Labute approximate surface area is 135 Å². The SMILES string of the molecule is Cc1cc(C)c(C(=O)N2CCC3(CC2)CN[C@H](C(=O)O)C3)cn1. The van der Waals surface area contributed by atoms with Gasteiger partial charge in [0.1, 0.15) is 6.04 Å². The average molecular weight is 317 g/mol.